The zero-order valence-electron chi connectivity index (χ0n) is 15.8. The van der Waals surface area contributed by atoms with E-state index < -0.39 is 66.8 Å². The van der Waals surface area contributed by atoms with E-state index in [1.54, 1.807) is 6.26 Å². The van der Waals surface area contributed by atoms with Crippen LogP contribution in [0.25, 0.3) is 0 Å². The Morgan fingerprint density at radius 2 is 1.52 bits per heavy atom. The van der Waals surface area contributed by atoms with E-state index in [1.807, 2.05) is 0 Å². The van der Waals surface area contributed by atoms with Crippen LogP contribution in [0.4, 0.5) is 0 Å². The molecule has 0 aliphatic carbocycles. The van der Waals surface area contributed by atoms with Gasteiger partial charge >= 0.3 is 5.97 Å². The summed E-state index contributed by atoms with van der Waals surface area (Å²) in [7, 11) is 0. The lowest BCUT2D eigenvalue weighted by molar-refractivity contribution is -0.143. The molecule has 29 heavy (non-hydrogen) atoms. The summed E-state index contributed by atoms with van der Waals surface area (Å²) in [5.41, 5.74) is 10.5. The highest BCUT2D eigenvalue weighted by atomic mass is 32.2. The van der Waals surface area contributed by atoms with Gasteiger partial charge in [0.05, 0.1) is 19.1 Å². The molecule has 0 saturated heterocycles. The Morgan fingerprint density at radius 3 is 1.97 bits per heavy atom. The van der Waals surface area contributed by atoms with E-state index in [0.717, 1.165) is 0 Å². The zero-order valence-corrected chi connectivity index (χ0v) is 17.5. The summed E-state index contributed by atoms with van der Waals surface area (Å²) in [6.45, 7) is -0.822. The lowest BCUT2D eigenvalue weighted by atomic mass is 10.1. The number of primary amides is 1. The largest absolute Gasteiger partial charge is 0.480 e. The molecule has 0 fully saturated rings. The SMILES string of the molecule is CSCCC(NC(=O)C(CS)NC(=O)C(N)CC(N)=O)C(=O)NC(CO)C(=O)O. The number of thioether (sulfide) groups is 1. The average Bonchev–Trinajstić information content (AvgIpc) is 2.65. The molecule has 12 nitrogen and oxygen atoms in total. The van der Waals surface area contributed by atoms with E-state index in [0.29, 0.717) is 5.75 Å². The van der Waals surface area contributed by atoms with E-state index in [1.165, 1.54) is 11.8 Å². The average molecular weight is 454 g/mol. The number of aliphatic carboxylic acids is 1. The predicted octanol–water partition coefficient (Wildman–Crippen LogP) is -3.60. The summed E-state index contributed by atoms with van der Waals surface area (Å²) in [5.74, 6) is -4.23. The van der Waals surface area contributed by atoms with Crippen LogP contribution in [-0.4, -0.2) is 88.3 Å². The van der Waals surface area contributed by atoms with Crippen molar-refractivity contribution in [2.45, 2.75) is 37.0 Å². The molecule has 0 bridgehead atoms. The molecule has 0 heterocycles. The summed E-state index contributed by atoms with van der Waals surface area (Å²) in [4.78, 5) is 58.6. The number of carboxylic acid groups (broad SMARTS) is 1. The second-order valence-electron chi connectivity index (χ2n) is 5.95. The molecule has 4 unspecified atom stereocenters. The second kappa shape index (κ2) is 14.0. The van der Waals surface area contributed by atoms with Gasteiger partial charge in [0.15, 0.2) is 0 Å². The normalized spacial score (nSPS) is 14.8. The fraction of sp³-hybridized carbons (Fsp3) is 0.667. The highest BCUT2D eigenvalue weighted by molar-refractivity contribution is 7.98. The van der Waals surface area contributed by atoms with Crippen LogP contribution in [0.1, 0.15) is 12.8 Å². The Kier molecular flexibility index (Phi) is 13.0. The minimum absolute atomic E-state index is 0.133. The molecule has 0 aromatic rings. The van der Waals surface area contributed by atoms with Crippen molar-refractivity contribution in [3.63, 3.8) is 0 Å². The van der Waals surface area contributed by atoms with Gasteiger partial charge in [-0.05, 0) is 18.4 Å². The van der Waals surface area contributed by atoms with Crippen LogP contribution >= 0.6 is 24.4 Å². The van der Waals surface area contributed by atoms with Crippen molar-refractivity contribution in [3.05, 3.63) is 0 Å². The highest BCUT2D eigenvalue weighted by Gasteiger charge is 2.29. The van der Waals surface area contributed by atoms with E-state index >= 15 is 0 Å². The molecule has 0 aromatic carbocycles. The number of hydrogen-bond acceptors (Lipinski definition) is 9. The van der Waals surface area contributed by atoms with Crippen LogP contribution in [0.15, 0.2) is 0 Å². The van der Waals surface area contributed by atoms with E-state index in [4.69, 9.17) is 21.7 Å². The van der Waals surface area contributed by atoms with Crippen molar-refractivity contribution < 1.29 is 34.2 Å². The Balaban J connectivity index is 5.11. The number of carboxylic acids is 1. The van der Waals surface area contributed by atoms with Gasteiger partial charge in [-0.3, -0.25) is 19.2 Å². The predicted molar refractivity (Wildman–Crippen MR) is 109 cm³/mol. The molecule has 0 aliphatic rings. The molecule has 0 saturated carbocycles. The molecule has 4 amide bonds. The van der Waals surface area contributed by atoms with Gasteiger partial charge in [0.1, 0.15) is 18.1 Å². The minimum Gasteiger partial charge on any atom is -0.480 e. The number of aliphatic hydroxyl groups is 1. The topological polar surface area (TPSA) is 214 Å². The van der Waals surface area contributed by atoms with E-state index in [2.05, 4.69) is 28.6 Å². The number of aliphatic hydroxyl groups excluding tert-OH is 1. The molecule has 0 radical (unpaired) electrons. The molecular formula is C15H27N5O7S2. The third-order valence-electron chi connectivity index (χ3n) is 3.61. The molecule has 0 rings (SSSR count). The maximum absolute atomic E-state index is 12.5. The molecule has 0 aromatic heterocycles. The van der Waals surface area contributed by atoms with Gasteiger partial charge in [-0.2, -0.15) is 24.4 Å². The lowest BCUT2D eigenvalue weighted by Crippen LogP contribution is -2.58. The lowest BCUT2D eigenvalue weighted by Gasteiger charge is -2.24. The van der Waals surface area contributed by atoms with Gasteiger partial charge in [0.2, 0.25) is 23.6 Å². The van der Waals surface area contributed by atoms with Crippen LogP contribution in [-0.2, 0) is 24.0 Å². The van der Waals surface area contributed by atoms with Crippen molar-refractivity contribution in [1.82, 2.24) is 16.0 Å². The molecule has 0 aliphatic heterocycles. The van der Waals surface area contributed by atoms with Gasteiger partial charge in [-0.15, -0.1) is 0 Å². The number of nitrogens with one attached hydrogen (secondary N) is 3. The Hall–Kier alpha value is -2.03. The first-order valence-corrected chi connectivity index (χ1v) is 10.5. The van der Waals surface area contributed by atoms with Gasteiger partial charge in [0.25, 0.3) is 0 Å². The van der Waals surface area contributed by atoms with Gasteiger partial charge < -0.3 is 37.6 Å². The van der Waals surface area contributed by atoms with E-state index in [9.17, 15) is 24.0 Å². The Morgan fingerprint density at radius 1 is 1.00 bits per heavy atom. The Bertz CT molecular complexity index is 608. The quantitative estimate of drug-likeness (QED) is 0.122. The highest BCUT2D eigenvalue weighted by Crippen LogP contribution is 2.03. The van der Waals surface area contributed by atoms with Gasteiger partial charge in [-0.25, -0.2) is 4.79 Å². The standard InChI is InChI=1S/C15H27N5O7S2/c1-29-3-2-8(13(24)19-9(5-21)15(26)27)18-14(25)10(6-28)20-12(23)7(16)4-11(17)22/h7-10,21,28H,2-6,16H2,1H3,(H2,17,22)(H,18,25)(H,19,24)(H,20,23)(H,26,27). The number of carbonyl (C=O) groups excluding carboxylic acids is 4. The fourth-order valence-corrected chi connectivity index (χ4v) is 2.75. The molecule has 4 atom stereocenters. The van der Waals surface area contributed by atoms with Crippen LogP contribution in [0.5, 0.6) is 0 Å². The number of carbonyl (C=O) groups is 5. The number of hydrogen-bond donors (Lipinski definition) is 8. The van der Waals surface area contributed by atoms with Crippen LogP contribution < -0.4 is 27.4 Å². The minimum atomic E-state index is -1.52. The van der Waals surface area contributed by atoms with Crippen molar-refractivity contribution in [1.29, 1.82) is 0 Å². The molecule has 14 heteroatoms. The molecule has 166 valence electrons. The van der Waals surface area contributed by atoms with E-state index in [-0.39, 0.29) is 12.2 Å². The summed E-state index contributed by atoms with van der Waals surface area (Å²) >= 11 is 5.38. The first-order chi connectivity index (χ1) is 13.6. The smallest absolute Gasteiger partial charge is 0.328 e. The van der Waals surface area contributed by atoms with Crippen LogP contribution in [0, 0.1) is 0 Å². The maximum atomic E-state index is 12.5. The first kappa shape index (κ1) is 27.0. The van der Waals surface area contributed by atoms with Crippen molar-refractivity contribution in [2.24, 2.45) is 11.5 Å². The number of thiol groups is 1. The third-order valence-corrected chi connectivity index (χ3v) is 4.62. The van der Waals surface area contributed by atoms with Crippen LogP contribution in [0.2, 0.25) is 0 Å². The maximum Gasteiger partial charge on any atom is 0.328 e. The number of nitrogens with two attached hydrogens (primary N) is 2. The monoisotopic (exact) mass is 453 g/mol. The molecule has 9 N–H and O–H groups in total. The first-order valence-electron chi connectivity index (χ1n) is 8.45. The van der Waals surface area contributed by atoms with Crippen LogP contribution in [0.3, 0.4) is 0 Å². The van der Waals surface area contributed by atoms with Crippen molar-refractivity contribution >= 4 is 54.0 Å². The molecule has 0 spiro atoms. The summed E-state index contributed by atoms with van der Waals surface area (Å²) in [5, 5.41) is 24.8. The fourth-order valence-electron chi connectivity index (χ4n) is 2.02. The summed E-state index contributed by atoms with van der Waals surface area (Å²) < 4.78 is 0. The third kappa shape index (κ3) is 10.3. The zero-order chi connectivity index (χ0) is 22.6. The van der Waals surface area contributed by atoms with Crippen molar-refractivity contribution in [3.8, 4) is 0 Å². The number of amides is 4. The molecular weight excluding hydrogens is 426 g/mol. The van der Waals surface area contributed by atoms with Gasteiger partial charge in [-0.1, -0.05) is 0 Å². The Labute approximate surface area is 177 Å². The second-order valence-corrected chi connectivity index (χ2v) is 7.30. The number of rotatable bonds is 14. The summed E-state index contributed by atoms with van der Waals surface area (Å²) in [6.07, 6.45) is 1.54. The summed E-state index contributed by atoms with van der Waals surface area (Å²) in [6, 6.07) is -5.05. The van der Waals surface area contributed by atoms with Gasteiger partial charge in [0, 0.05) is 5.75 Å². The van der Waals surface area contributed by atoms with Crippen molar-refractivity contribution in [2.75, 3.05) is 24.4 Å².